The van der Waals surface area contributed by atoms with E-state index in [1.807, 2.05) is 6.92 Å². The van der Waals surface area contributed by atoms with E-state index in [1.54, 1.807) is 0 Å². The lowest BCUT2D eigenvalue weighted by Gasteiger charge is -2.27. The number of hydrogen-bond donors (Lipinski definition) is 0. The fraction of sp³-hybridized carbons (Fsp3) is 0.889. The molecule has 0 amide bonds. The van der Waals surface area contributed by atoms with Crippen LogP contribution >= 0.6 is 0 Å². The van der Waals surface area contributed by atoms with E-state index in [0.29, 0.717) is 6.42 Å². The van der Waals surface area contributed by atoms with E-state index in [2.05, 4.69) is 4.74 Å². The first-order chi connectivity index (χ1) is 6.24. The van der Waals surface area contributed by atoms with Crippen molar-refractivity contribution in [2.75, 3.05) is 20.3 Å². The van der Waals surface area contributed by atoms with Crippen molar-refractivity contribution in [1.82, 2.24) is 0 Å². The standard InChI is InChI=1S/C9H16O4/c1-7(6-8(10)11-2)9-12-4-3-5-13-9/h7,9H,3-6H2,1-2H3. The molecule has 1 unspecified atom stereocenters. The predicted molar refractivity (Wildman–Crippen MR) is 46.1 cm³/mol. The van der Waals surface area contributed by atoms with Crippen LogP contribution in [0.4, 0.5) is 0 Å². The third kappa shape index (κ3) is 3.32. The molecule has 0 spiro atoms. The van der Waals surface area contributed by atoms with Crippen LogP contribution in [0.5, 0.6) is 0 Å². The lowest BCUT2D eigenvalue weighted by Crippen LogP contribution is -2.32. The molecule has 1 atom stereocenters. The van der Waals surface area contributed by atoms with E-state index >= 15 is 0 Å². The van der Waals surface area contributed by atoms with Crippen LogP contribution in [0.15, 0.2) is 0 Å². The number of hydrogen-bond acceptors (Lipinski definition) is 4. The van der Waals surface area contributed by atoms with E-state index < -0.39 is 0 Å². The molecule has 1 heterocycles. The molecule has 1 aliphatic rings. The highest BCUT2D eigenvalue weighted by Gasteiger charge is 2.23. The number of carbonyl (C=O) groups is 1. The summed E-state index contributed by atoms with van der Waals surface area (Å²) in [5.41, 5.74) is 0. The average molecular weight is 188 g/mol. The molecule has 4 heteroatoms. The molecular weight excluding hydrogens is 172 g/mol. The molecule has 0 aromatic carbocycles. The summed E-state index contributed by atoms with van der Waals surface area (Å²) in [5, 5.41) is 0. The van der Waals surface area contributed by atoms with Gasteiger partial charge in [-0.05, 0) is 6.42 Å². The highest BCUT2D eigenvalue weighted by molar-refractivity contribution is 5.69. The van der Waals surface area contributed by atoms with Crippen molar-refractivity contribution in [2.45, 2.75) is 26.1 Å². The number of methoxy groups -OCH3 is 1. The van der Waals surface area contributed by atoms with Gasteiger partial charge in [0.1, 0.15) is 0 Å². The van der Waals surface area contributed by atoms with Crippen molar-refractivity contribution < 1.29 is 19.0 Å². The maximum Gasteiger partial charge on any atom is 0.305 e. The zero-order chi connectivity index (χ0) is 9.68. The van der Waals surface area contributed by atoms with Gasteiger partial charge >= 0.3 is 5.97 Å². The Morgan fingerprint density at radius 1 is 1.54 bits per heavy atom. The van der Waals surface area contributed by atoms with Gasteiger partial charge in [-0.2, -0.15) is 0 Å². The van der Waals surface area contributed by atoms with Crippen LogP contribution in [0.3, 0.4) is 0 Å². The van der Waals surface area contributed by atoms with Crippen LogP contribution in [-0.2, 0) is 19.0 Å². The van der Waals surface area contributed by atoms with Gasteiger partial charge in [-0.1, -0.05) is 6.92 Å². The summed E-state index contributed by atoms with van der Waals surface area (Å²) in [7, 11) is 1.39. The van der Waals surface area contributed by atoms with Crippen LogP contribution in [0, 0.1) is 5.92 Å². The Kier molecular flexibility index (Phi) is 4.18. The number of ether oxygens (including phenoxy) is 3. The minimum atomic E-state index is -0.243. The topological polar surface area (TPSA) is 44.8 Å². The molecule has 0 saturated carbocycles. The van der Waals surface area contributed by atoms with Crippen molar-refractivity contribution in [3.8, 4) is 0 Å². The van der Waals surface area contributed by atoms with Gasteiger partial charge in [0.05, 0.1) is 26.7 Å². The minimum Gasteiger partial charge on any atom is -0.469 e. The molecule has 0 aliphatic carbocycles. The fourth-order valence-electron chi connectivity index (χ4n) is 1.28. The third-order valence-electron chi connectivity index (χ3n) is 2.03. The van der Waals surface area contributed by atoms with Crippen molar-refractivity contribution in [3.63, 3.8) is 0 Å². The Hall–Kier alpha value is -0.610. The molecule has 1 rings (SSSR count). The largest absolute Gasteiger partial charge is 0.469 e. The number of esters is 1. The predicted octanol–water partition coefficient (Wildman–Crippen LogP) is 0.949. The Morgan fingerprint density at radius 2 is 2.15 bits per heavy atom. The van der Waals surface area contributed by atoms with E-state index in [4.69, 9.17) is 9.47 Å². The van der Waals surface area contributed by atoms with E-state index in [0.717, 1.165) is 19.6 Å². The normalized spacial score (nSPS) is 21.1. The second-order valence-corrected chi connectivity index (χ2v) is 3.22. The van der Waals surface area contributed by atoms with Gasteiger partial charge < -0.3 is 14.2 Å². The van der Waals surface area contributed by atoms with Gasteiger partial charge in [0.25, 0.3) is 0 Å². The van der Waals surface area contributed by atoms with Gasteiger partial charge in [-0.25, -0.2) is 0 Å². The summed E-state index contributed by atoms with van der Waals surface area (Å²) >= 11 is 0. The summed E-state index contributed by atoms with van der Waals surface area (Å²) in [4.78, 5) is 10.9. The molecule has 76 valence electrons. The molecule has 4 nitrogen and oxygen atoms in total. The zero-order valence-corrected chi connectivity index (χ0v) is 8.12. The van der Waals surface area contributed by atoms with E-state index in [9.17, 15) is 4.79 Å². The highest BCUT2D eigenvalue weighted by atomic mass is 16.7. The van der Waals surface area contributed by atoms with Crippen molar-refractivity contribution in [1.29, 1.82) is 0 Å². The summed E-state index contributed by atoms with van der Waals surface area (Å²) in [6, 6.07) is 0. The lowest BCUT2D eigenvalue weighted by atomic mass is 10.1. The lowest BCUT2D eigenvalue weighted by molar-refractivity contribution is -0.205. The Balaban J connectivity index is 2.28. The summed E-state index contributed by atoms with van der Waals surface area (Å²) in [5.74, 6) is -0.155. The number of rotatable bonds is 3. The average Bonchev–Trinajstić information content (AvgIpc) is 2.19. The van der Waals surface area contributed by atoms with Crippen LogP contribution in [0.25, 0.3) is 0 Å². The molecule has 1 fully saturated rings. The van der Waals surface area contributed by atoms with Crippen molar-refractivity contribution in [2.24, 2.45) is 5.92 Å². The number of carbonyl (C=O) groups excluding carboxylic acids is 1. The quantitative estimate of drug-likeness (QED) is 0.618. The van der Waals surface area contributed by atoms with Crippen molar-refractivity contribution in [3.05, 3.63) is 0 Å². The summed E-state index contributed by atoms with van der Waals surface area (Å²) in [6.45, 7) is 3.36. The van der Waals surface area contributed by atoms with Crippen LogP contribution in [0.2, 0.25) is 0 Å². The van der Waals surface area contributed by atoms with Gasteiger partial charge in [0.2, 0.25) is 0 Å². The van der Waals surface area contributed by atoms with Crippen molar-refractivity contribution >= 4 is 5.97 Å². The third-order valence-corrected chi connectivity index (χ3v) is 2.03. The molecule has 0 N–H and O–H groups in total. The first kappa shape index (κ1) is 10.5. The molecular formula is C9H16O4. The molecule has 0 aromatic rings. The SMILES string of the molecule is COC(=O)CC(C)C1OCCCO1. The zero-order valence-electron chi connectivity index (χ0n) is 8.12. The Bertz CT molecular complexity index is 163. The first-order valence-corrected chi connectivity index (χ1v) is 4.54. The van der Waals surface area contributed by atoms with Gasteiger partial charge in [0.15, 0.2) is 6.29 Å². The Morgan fingerprint density at radius 3 is 2.69 bits per heavy atom. The van der Waals surface area contributed by atoms with Gasteiger partial charge in [-0.15, -0.1) is 0 Å². The second-order valence-electron chi connectivity index (χ2n) is 3.22. The molecule has 1 aliphatic heterocycles. The fourth-order valence-corrected chi connectivity index (χ4v) is 1.28. The van der Waals surface area contributed by atoms with E-state index in [1.165, 1.54) is 7.11 Å². The minimum absolute atomic E-state index is 0.0627. The van der Waals surface area contributed by atoms with Crippen LogP contribution < -0.4 is 0 Å². The van der Waals surface area contributed by atoms with Crippen LogP contribution in [-0.4, -0.2) is 32.6 Å². The summed E-state index contributed by atoms with van der Waals surface area (Å²) in [6.07, 6.45) is 1.04. The molecule has 1 saturated heterocycles. The molecule has 0 aromatic heterocycles. The smallest absolute Gasteiger partial charge is 0.305 e. The maximum absolute atomic E-state index is 10.9. The monoisotopic (exact) mass is 188 g/mol. The molecule has 0 radical (unpaired) electrons. The second kappa shape index (κ2) is 5.19. The van der Waals surface area contributed by atoms with E-state index in [-0.39, 0.29) is 18.2 Å². The van der Waals surface area contributed by atoms with Crippen LogP contribution in [0.1, 0.15) is 19.8 Å². The van der Waals surface area contributed by atoms with Gasteiger partial charge in [0, 0.05) is 5.92 Å². The first-order valence-electron chi connectivity index (χ1n) is 4.54. The molecule has 0 bridgehead atoms. The maximum atomic E-state index is 10.9. The van der Waals surface area contributed by atoms with Gasteiger partial charge in [-0.3, -0.25) is 4.79 Å². The summed E-state index contributed by atoms with van der Waals surface area (Å²) < 4.78 is 15.3. The highest BCUT2D eigenvalue weighted by Crippen LogP contribution is 2.17. The molecule has 13 heavy (non-hydrogen) atoms. The Labute approximate surface area is 78.2 Å².